The van der Waals surface area contributed by atoms with E-state index in [0.717, 1.165) is 19.2 Å². The Morgan fingerprint density at radius 2 is 2.25 bits per heavy atom. The highest BCUT2D eigenvalue weighted by atomic mass is 19.1. The summed E-state index contributed by atoms with van der Waals surface area (Å²) in [5.41, 5.74) is 0.361. The summed E-state index contributed by atoms with van der Waals surface area (Å²) < 4.78 is 12.9. The van der Waals surface area contributed by atoms with E-state index in [-0.39, 0.29) is 11.7 Å². The lowest BCUT2D eigenvalue weighted by atomic mass is 10.0. The summed E-state index contributed by atoms with van der Waals surface area (Å²) in [6.45, 7) is 2.21. The Kier molecular flexibility index (Phi) is 3.12. The van der Waals surface area contributed by atoms with Crippen LogP contribution in [-0.4, -0.2) is 24.6 Å². The van der Waals surface area contributed by atoms with Gasteiger partial charge in [-0.2, -0.15) is 0 Å². The molecular weight excluding hydrogens is 213 g/mol. The fraction of sp³-hybridized carbons (Fsp3) is 0.400. The standard InChI is InChI=1S/C10H12FN3O2/c11-7-1-2-8(10(5-7)14(15)16)9-6-12-3-4-13-9/h1-2,5,9,12-13H,3-4,6H2/t9-/m1/s1. The van der Waals surface area contributed by atoms with E-state index in [0.29, 0.717) is 12.1 Å². The van der Waals surface area contributed by atoms with Gasteiger partial charge in [0.15, 0.2) is 0 Å². The molecule has 0 unspecified atom stereocenters. The van der Waals surface area contributed by atoms with Crippen molar-refractivity contribution in [2.75, 3.05) is 19.6 Å². The third-order valence-electron chi connectivity index (χ3n) is 2.61. The topological polar surface area (TPSA) is 67.2 Å². The van der Waals surface area contributed by atoms with Crippen molar-refractivity contribution in [1.82, 2.24) is 10.6 Å². The average molecular weight is 225 g/mol. The normalized spacial score (nSPS) is 20.7. The molecule has 16 heavy (non-hydrogen) atoms. The quantitative estimate of drug-likeness (QED) is 0.581. The minimum Gasteiger partial charge on any atom is -0.314 e. The molecule has 5 nitrogen and oxygen atoms in total. The predicted molar refractivity (Wildman–Crippen MR) is 56.7 cm³/mol. The molecule has 0 aromatic heterocycles. The van der Waals surface area contributed by atoms with Crippen LogP contribution in [0.15, 0.2) is 18.2 Å². The summed E-state index contributed by atoms with van der Waals surface area (Å²) in [5.74, 6) is -0.584. The summed E-state index contributed by atoms with van der Waals surface area (Å²) in [6, 6.07) is 3.55. The number of halogens is 1. The van der Waals surface area contributed by atoms with Crippen LogP contribution in [0.25, 0.3) is 0 Å². The van der Waals surface area contributed by atoms with Crippen molar-refractivity contribution in [1.29, 1.82) is 0 Å². The van der Waals surface area contributed by atoms with E-state index in [1.54, 1.807) is 0 Å². The Balaban J connectivity index is 2.34. The van der Waals surface area contributed by atoms with Crippen LogP contribution in [0.5, 0.6) is 0 Å². The highest BCUT2D eigenvalue weighted by Gasteiger charge is 2.23. The molecule has 1 heterocycles. The van der Waals surface area contributed by atoms with Crippen LogP contribution in [0.2, 0.25) is 0 Å². The van der Waals surface area contributed by atoms with Crippen LogP contribution >= 0.6 is 0 Å². The molecule has 0 spiro atoms. The van der Waals surface area contributed by atoms with Gasteiger partial charge in [0, 0.05) is 25.2 Å². The maximum Gasteiger partial charge on any atom is 0.277 e. The molecule has 0 radical (unpaired) electrons. The maximum atomic E-state index is 12.9. The van der Waals surface area contributed by atoms with Crippen LogP contribution in [0, 0.1) is 15.9 Å². The Hall–Kier alpha value is -1.53. The van der Waals surface area contributed by atoms with Crippen molar-refractivity contribution in [3.8, 4) is 0 Å². The number of benzene rings is 1. The van der Waals surface area contributed by atoms with Crippen molar-refractivity contribution in [2.45, 2.75) is 6.04 Å². The van der Waals surface area contributed by atoms with Crippen LogP contribution < -0.4 is 10.6 Å². The van der Waals surface area contributed by atoms with Gasteiger partial charge in [-0.15, -0.1) is 0 Å². The molecule has 0 bridgehead atoms. The van der Waals surface area contributed by atoms with E-state index in [2.05, 4.69) is 10.6 Å². The molecule has 6 heteroatoms. The Morgan fingerprint density at radius 1 is 1.44 bits per heavy atom. The van der Waals surface area contributed by atoms with E-state index in [1.165, 1.54) is 12.1 Å². The zero-order valence-electron chi connectivity index (χ0n) is 8.57. The number of hydrogen-bond acceptors (Lipinski definition) is 4. The second-order valence-corrected chi connectivity index (χ2v) is 3.67. The van der Waals surface area contributed by atoms with Gasteiger partial charge in [0.1, 0.15) is 5.82 Å². The summed E-state index contributed by atoms with van der Waals surface area (Å²) in [6.07, 6.45) is 0. The number of rotatable bonds is 2. The molecule has 1 aliphatic heterocycles. The second-order valence-electron chi connectivity index (χ2n) is 3.67. The van der Waals surface area contributed by atoms with Crippen molar-refractivity contribution in [2.24, 2.45) is 0 Å². The molecule has 1 aliphatic rings. The first-order valence-corrected chi connectivity index (χ1v) is 5.06. The molecular formula is C10H12FN3O2. The largest absolute Gasteiger partial charge is 0.314 e. The molecule has 86 valence electrons. The lowest BCUT2D eigenvalue weighted by Crippen LogP contribution is -2.42. The SMILES string of the molecule is O=[N+]([O-])c1cc(F)ccc1[C@H]1CNCCN1. The van der Waals surface area contributed by atoms with Gasteiger partial charge >= 0.3 is 0 Å². The first kappa shape index (κ1) is 11.0. The van der Waals surface area contributed by atoms with Crippen molar-refractivity contribution in [3.05, 3.63) is 39.7 Å². The predicted octanol–water partition coefficient (Wildman–Crippen LogP) is 0.968. The molecule has 1 aromatic rings. The summed E-state index contributed by atoms with van der Waals surface area (Å²) in [4.78, 5) is 10.3. The molecule has 2 N–H and O–H groups in total. The van der Waals surface area contributed by atoms with Crippen molar-refractivity contribution >= 4 is 5.69 Å². The summed E-state index contributed by atoms with van der Waals surface area (Å²) in [7, 11) is 0. The monoisotopic (exact) mass is 225 g/mol. The molecule has 0 amide bonds. The molecule has 0 aliphatic carbocycles. The van der Waals surface area contributed by atoms with Crippen LogP contribution in [-0.2, 0) is 0 Å². The lowest BCUT2D eigenvalue weighted by Gasteiger charge is -2.24. The smallest absolute Gasteiger partial charge is 0.277 e. The molecule has 2 rings (SSSR count). The fourth-order valence-electron chi connectivity index (χ4n) is 1.84. The number of nitrogens with zero attached hydrogens (tertiary/aromatic N) is 1. The highest BCUT2D eigenvalue weighted by molar-refractivity contribution is 5.43. The van der Waals surface area contributed by atoms with E-state index in [4.69, 9.17) is 0 Å². The van der Waals surface area contributed by atoms with Gasteiger partial charge in [0.2, 0.25) is 0 Å². The van der Waals surface area contributed by atoms with Gasteiger partial charge < -0.3 is 10.6 Å². The minimum absolute atomic E-state index is 0.130. The van der Waals surface area contributed by atoms with E-state index in [9.17, 15) is 14.5 Å². The van der Waals surface area contributed by atoms with E-state index in [1.807, 2.05) is 0 Å². The Bertz CT molecular complexity index is 405. The number of nitrogens with one attached hydrogen (secondary N) is 2. The first-order valence-electron chi connectivity index (χ1n) is 5.06. The zero-order chi connectivity index (χ0) is 11.5. The Morgan fingerprint density at radius 3 is 2.88 bits per heavy atom. The van der Waals surface area contributed by atoms with E-state index < -0.39 is 10.7 Å². The third kappa shape index (κ3) is 2.17. The molecule has 0 saturated carbocycles. The van der Waals surface area contributed by atoms with Gasteiger partial charge in [-0.1, -0.05) is 0 Å². The van der Waals surface area contributed by atoms with Gasteiger partial charge in [0.05, 0.1) is 17.0 Å². The second kappa shape index (κ2) is 4.54. The average Bonchev–Trinajstić information content (AvgIpc) is 2.30. The summed E-state index contributed by atoms with van der Waals surface area (Å²) >= 11 is 0. The van der Waals surface area contributed by atoms with Crippen LogP contribution in [0.3, 0.4) is 0 Å². The zero-order valence-corrected chi connectivity index (χ0v) is 8.57. The van der Waals surface area contributed by atoms with E-state index >= 15 is 0 Å². The van der Waals surface area contributed by atoms with Gasteiger partial charge in [-0.25, -0.2) is 4.39 Å². The van der Waals surface area contributed by atoms with Crippen LogP contribution in [0.1, 0.15) is 11.6 Å². The van der Waals surface area contributed by atoms with Crippen molar-refractivity contribution in [3.63, 3.8) is 0 Å². The molecule has 1 atom stereocenters. The third-order valence-corrected chi connectivity index (χ3v) is 2.61. The molecule has 1 fully saturated rings. The fourth-order valence-corrected chi connectivity index (χ4v) is 1.84. The number of nitro benzene ring substituents is 1. The number of piperazine rings is 1. The highest BCUT2D eigenvalue weighted by Crippen LogP contribution is 2.26. The van der Waals surface area contributed by atoms with Crippen LogP contribution in [0.4, 0.5) is 10.1 Å². The lowest BCUT2D eigenvalue weighted by molar-refractivity contribution is -0.386. The minimum atomic E-state index is -0.584. The molecule has 1 aromatic carbocycles. The number of nitro groups is 1. The van der Waals surface area contributed by atoms with Gasteiger partial charge in [0.25, 0.3) is 5.69 Å². The molecule has 1 saturated heterocycles. The maximum absolute atomic E-state index is 12.9. The van der Waals surface area contributed by atoms with Gasteiger partial charge in [-0.05, 0) is 12.1 Å². The first-order chi connectivity index (χ1) is 7.68. The Labute approximate surface area is 91.8 Å². The number of hydrogen-bond donors (Lipinski definition) is 2. The summed E-state index contributed by atoms with van der Waals surface area (Å²) in [5, 5.41) is 17.1. The van der Waals surface area contributed by atoms with Gasteiger partial charge in [-0.3, -0.25) is 10.1 Å². The van der Waals surface area contributed by atoms with Crippen molar-refractivity contribution < 1.29 is 9.31 Å².